The van der Waals surface area contributed by atoms with E-state index in [-0.39, 0.29) is 11.8 Å². The van der Waals surface area contributed by atoms with Gasteiger partial charge in [-0.1, -0.05) is 34.1 Å². The van der Waals surface area contributed by atoms with Crippen LogP contribution in [0.2, 0.25) is 0 Å². The predicted octanol–water partition coefficient (Wildman–Crippen LogP) is 3.44. The van der Waals surface area contributed by atoms with E-state index in [4.69, 9.17) is 0 Å². The first kappa shape index (κ1) is 16.8. The Morgan fingerprint density at radius 2 is 1.95 bits per heavy atom. The Hall–Kier alpha value is -0.570. The summed E-state index contributed by atoms with van der Waals surface area (Å²) in [5.74, 6) is 2.00. The van der Waals surface area contributed by atoms with Gasteiger partial charge in [0.05, 0.1) is 0 Å². The topological polar surface area (TPSA) is 32.3 Å². The fourth-order valence-corrected chi connectivity index (χ4v) is 3.97. The molecule has 3 heteroatoms. The molecule has 2 fully saturated rings. The molecule has 2 aliphatic rings. The van der Waals surface area contributed by atoms with Crippen LogP contribution in [0.15, 0.2) is 0 Å². The lowest BCUT2D eigenvalue weighted by molar-refractivity contribution is -0.125. The van der Waals surface area contributed by atoms with Gasteiger partial charge in [0.2, 0.25) is 5.91 Å². The maximum absolute atomic E-state index is 12.0. The number of carbonyl (C=O) groups is 1. The van der Waals surface area contributed by atoms with Crippen LogP contribution in [-0.2, 0) is 4.79 Å². The highest BCUT2D eigenvalue weighted by atomic mass is 16.1. The Labute approximate surface area is 130 Å². The molecule has 2 rings (SSSR count). The molecule has 0 radical (unpaired) electrons. The van der Waals surface area contributed by atoms with Crippen molar-refractivity contribution in [3.63, 3.8) is 0 Å². The first-order valence-corrected chi connectivity index (χ1v) is 9.09. The van der Waals surface area contributed by atoms with Crippen molar-refractivity contribution in [3.05, 3.63) is 0 Å². The second-order valence-corrected chi connectivity index (χ2v) is 7.52. The van der Waals surface area contributed by atoms with Gasteiger partial charge < -0.3 is 5.32 Å². The monoisotopic (exact) mass is 294 g/mol. The maximum Gasteiger partial charge on any atom is 0.222 e. The number of carbonyl (C=O) groups excluding carboxylic acids is 1. The second-order valence-electron chi connectivity index (χ2n) is 7.52. The second kappa shape index (κ2) is 7.62. The van der Waals surface area contributed by atoms with Crippen molar-refractivity contribution in [2.75, 3.05) is 13.1 Å². The van der Waals surface area contributed by atoms with Crippen LogP contribution >= 0.6 is 0 Å². The van der Waals surface area contributed by atoms with Crippen LogP contribution in [-0.4, -0.2) is 36.0 Å². The van der Waals surface area contributed by atoms with Crippen LogP contribution in [0.1, 0.15) is 66.2 Å². The van der Waals surface area contributed by atoms with Gasteiger partial charge >= 0.3 is 0 Å². The van der Waals surface area contributed by atoms with Gasteiger partial charge in [0.15, 0.2) is 0 Å². The number of nitrogens with zero attached hydrogens (tertiary/aromatic N) is 1. The van der Waals surface area contributed by atoms with Gasteiger partial charge in [-0.15, -0.1) is 0 Å². The molecule has 0 bridgehead atoms. The number of piperidine rings is 1. The molecular formula is C18H34N2O. The Balaban J connectivity index is 1.98. The first-order chi connectivity index (χ1) is 10.0. The van der Waals surface area contributed by atoms with Crippen LogP contribution < -0.4 is 5.32 Å². The van der Waals surface area contributed by atoms with Gasteiger partial charge in [-0.2, -0.15) is 0 Å². The van der Waals surface area contributed by atoms with Crippen molar-refractivity contribution in [2.45, 2.75) is 78.3 Å². The quantitative estimate of drug-likeness (QED) is 0.780. The van der Waals surface area contributed by atoms with Crippen LogP contribution in [0.4, 0.5) is 0 Å². The van der Waals surface area contributed by atoms with Crippen molar-refractivity contribution >= 4 is 5.91 Å². The van der Waals surface area contributed by atoms with Crippen molar-refractivity contribution < 1.29 is 4.79 Å². The summed E-state index contributed by atoms with van der Waals surface area (Å²) in [5.41, 5.74) is 0. The molecule has 0 aromatic heterocycles. The SMILES string of the molecule is CCCC1CC(NC(=O)C(C)C)CN(C(CC)C2CC2)C1. The fourth-order valence-electron chi connectivity index (χ4n) is 3.97. The smallest absolute Gasteiger partial charge is 0.222 e. The average molecular weight is 294 g/mol. The molecule has 122 valence electrons. The number of nitrogens with one attached hydrogen (secondary N) is 1. The van der Waals surface area contributed by atoms with E-state index in [9.17, 15) is 4.79 Å². The maximum atomic E-state index is 12.0. The first-order valence-electron chi connectivity index (χ1n) is 9.09. The third-order valence-electron chi connectivity index (χ3n) is 5.19. The highest BCUT2D eigenvalue weighted by Gasteiger charge is 2.38. The van der Waals surface area contributed by atoms with Crippen LogP contribution in [0, 0.1) is 17.8 Å². The highest BCUT2D eigenvalue weighted by molar-refractivity contribution is 5.78. The number of likely N-dealkylation sites (tertiary alicyclic amines) is 1. The Bertz CT molecular complexity index is 338. The van der Waals surface area contributed by atoms with Gasteiger partial charge in [-0.05, 0) is 43.9 Å². The lowest BCUT2D eigenvalue weighted by atomic mass is 9.88. The minimum Gasteiger partial charge on any atom is -0.352 e. The molecule has 1 aliphatic heterocycles. The molecule has 1 aliphatic carbocycles. The third kappa shape index (κ3) is 4.70. The molecule has 3 unspecified atom stereocenters. The summed E-state index contributed by atoms with van der Waals surface area (Å²) in [7, 11) is 0. The fraction of sp³-hybridized carbons (Fsp3) is 0.944. The third-order valence-corrected chi connectivity index (χ3v) is 5.19. The Morgan fingerprint density at radius 1 is 1.24 bits per heavy atom. The molecule has 0 aromatic carbocycles. The van der Waals surface area contributed by atoms with Gasteiger partial charge in [0, 0.05) is 31.1 Å². The van der Waals surface area contributed by atoms with Gasteiger partial charge in [0.1, 0.15) is 0 Å². The van der Waals surface area contributed by atoms with E-state index in [0.29, 0.717) is 6.04 Å². The zero-order valence-corrected chi connectivity index (χ0v) is 14.4. The minimum atomic E-state index is 0.0930. The number of hydrogen-bond acceptors (Lipinski definition) is 2. The summed E-state index contributed by atoms with van der Waals surface area (Å²) in [5, 5.41) is 3.29. The lowest BCUT2D eigenvalue weighted by Crippen LogP contribution is -2.54. The van der Waals surface area contributed by atoms with Gasteiger partial charge in [-0.25, -0.2) is 0 Å². The Morgan fingerprint density at radius 3 is 2.48 bits per heavy atom. The van der Waals surface area contributed by atoms with E-state index in [2.05, 4.69) is 24.1 Å². The number of rotatable bonds is 7. The summed E-state index contributed by atoms with van der Waals surface area (Å²) in [6, 6.07) is 1.11. The summed E-state index contributed by atoms with van der Waals surface area (Å²) in [4.78, 5) is 14.7. The summed E-state index contributed by atoms with van der Waals surface area (Å²) >= 11 is 0. The van der Waals surface area contributed by atoms with Gasteiger partial charge in [-0.3, -0.25) is 9.69 Å². The number of amides is 1. The molecule has 1 saturated carbocycles. The molecule has 3 atom stereocenters. The summed E-state index contributed by atoms with van der Waals surface area (Å²) in [6.45, 7) is 10.9. The molecule has 1 N–H and O–H groups in total. The molecule has 1 saturated heterocycles. The molecule has 1 amide bonds. The van der Waals surface area contributed by atoms with Crippen LogP contribution in [0.5, 0.6) is 0 Å². The van der Waals surface area contributed by atoms with Crippen LogP contribution in [0.25, 0.3) is 0 Å². The van der Waals surface area contributed by atoms with E-state index in [1.807, 2.05) is 13.8 Å². The van der Waals surface area contributed by atoms with E-state index >= 15 is 0 Å². The molecule has 21 heavy (non-hydrogen) atoms. The zero-order valence-electron chi connectivity index (χ0n) is 14.4. The van der Waals surface area contributed by atoms with Crippen molar-refractivity contribution in [2.24, 2.45) is 17.8 Å². The zero-order chi connectivity index (χ0) is 15.4. The van der Waals surface area contributed by atoms with E-state index in [1.54, 1.807) is 0 Å². The molecule has 3 nitrogen and oxygen atoms in total. The summed E-state index contributed by atoms with van der Waals surface area (Å²) < 4.78 is 0. The molecular weight excluding hydrogens is 260 g/mol. The normalized spacial score (nSPS) is 28.6. The molecule has 0 aromatic rings. The minimum absolute atomic E-state index is 0.0930. The van der Waals surface area contributed by atoms with E-state index in [0.717, 1.165) is 24.4 Å². The van der Waals surface area contributed by atoms with Crippen molar-refractivity contribution in [3.8, 4) is 0 Å². The predicted molar refractivity (Wildman–Crippen MR) is 88.2 cm³/mol. The largest absolute Gasteiger partial charge is 0.352 e. The highest BCUT2D eigenvalue weighted by Crippen LogP contribution is 2.38. The van der Waals surface area contributed by atoms with Crippen molar-refractivity contribution in [1.29, 1.82) is 0 Å². The molecule has 1 heterocycles. The van der Waals surface area contributed by atoms with Gasteiger partial charge in [0.25, 0.3) is 0 Å². The molecule has 0 spiro atoms. The summed E-state index contributed by atoms with van der Waals surface area (Å²) in [6.07, 6.45) is 7.81. The van der Waals surface area contributed by atoms with Crippen LogP contribution in [0.3, 0.4) is 0 Å². The van der Waals surface area contributed by atoms with E-state index < -0.39 is 0 Å². The Kier molecular flexibility index (Phi) is 6.09. The van der Waals surface area contributed by atoms with Crippen molar-refractivity contribution in [1.82, 2.24) is 10.2 Å². The number of hydrogen-bond donors (Lipinski definition) is 1. The standard InChI is InChI=1S/C18H34N2O/c1-5-7-14-10-16(19-18(21)13(3)4)12-20(11-14)17(6-2)15-8-9-15/h13-17H,5-12H2,1-4H3,(H,19,21). The average Bonchev–Trinajstić information content (AvgIpc) is 3.24. The lowest BCUT2D eigenvalue weighted by Gasteiger charge is -2.42. The van der Waals surface area contributed by atoms with E-state index in [1.165, 1.54) is 45.1 Å².